The number of piperidine rings is 1. The molecule has 0 aliphatic carbocycles. The van der Waals surface area contributed by atoms with Crippen LogP contribution in [0.1, 0.15) is 19.8 Å². The van der Waals surface area contributed by atoms with Crippen LogP contribution in [0.3, 0.4) is 0 Å². The van der Waals surface area contributed by atoms with Gasteiger partial charge in [0.05, 0.1) is 18.6 Å². The Bertz CT molecular complexity index is 713. The van der Waals surface area contributed by atoms with Gasteiger partial charge in [0, 0.05) is 19.0 Å². The smallest absolute Gasteiger partial charge is 0.316 e. The van der Waals surface area contributed by atoms with Crippen molar-refractivity contribution in [2.24, 2.45) is 5.92 Å². The summed E-state index contributed by atoms with van der Waals surface area (Å²) in [6.07, 6.45) is 0.960. The van der Waals surface area contributed by atoms with E-state index in [2.05, 4.69) is 20.3 Å². The molecule has 0 aromatic carbocycles. The number of thioether (sulfide) groups is 1. The number of ether oxygens (including phenoxy) is 1. The molecule has 0 radical (unpaired) electrons. The van der Waals surface area contributed by atoms with Crippen LogP contribution in [0.4, 0.5) is 5.13 Å². The predicted molar refractivity (Wildman–Crippen MR) is 95.0 cm³/mol. The number of carbonyl (C=O) groups is 2. The van der Waals surface area contributed by atoms with Gasteiger partial charge >= 0.3 is 5.97 Å². The number of nitrogens with one attached hydrogen (secondary N) is 1. The minimum absolute atomic E-state index is 0.0701. The average Bonchev–Trinajstić information content (AvgIpc) is 3.07. The summed E-state index contributed by atoms with van der Waals surface area (Å²) < 4.78 is 30.2. The molecule has 9 nitrogen and oxygen atoms in total. The highest BCUT2D eigenvalue weighted by Crippen LogP contribution is 2.27. The number of rotatable bonds is 7. The Morgan fingerprint density at radius 2 is 2.04 bits per heavy atom. The van der Waals surface area contributed by atoms with Crippen molar-refractivity contribution < 1.29 is 22.7 Å². The van der Waals surface area contributed by atoms with Crippen LogP contribution in [0.15, 0.2) is 4.34 Å². The molecule has 0 saturated carbocycles. The molecule has 140 valence electrons. The van der Waals surface area contributed by atoms with Crippen LogP contribution in [0, 0.1) is 5.92 Å². The summed E-state index contributed by atoms with van der Waals surface area (Å²) >= 11 is 2.37. The summed E-state index contributed by atoms with van der Waals surface area (Å²) in [7, 11) is -1.89. The molecule has 1 aliphatic rings. The minimum Gasteiger partial charge on any atom is -0.468 e. The Kier molecular flexibility index (Phi) is 7.16. The Balaban J connectivity index is 1.83. The second-order valence-corrected chi connectivity index (χ2v) is 9.76. The maximum absolute atomic E-state index is 12.3. The lowest BCUT2D eigenvalue weighted by molar-refractivity contribution is -0.137. The first kappa shape index (κ1) is 20.1. The van der Waals surface area contributed by atoms with E-state index >= 15 is 0 Å². The second-order valence-electron chi connectivity index (χ2n) is 5.30. The van der Waals surface area contributed by atoms with Crippen LogP contribution in [0.5, 0.6) is 0 Å². The topological polar surface area (TPSA) is 119 Å². The number of anilines is 1. The number of sulfonamides is 1. The van der Waals surface area contributed by atoms with Crippen molar-refractivity contribution in [1.29, 1.82) is 0 Å². The molecule has 0 bridgehead atoms. The maximum Gasteiger partial charge on any atom is 0.316 e. The lowest BCUT2D eigenvalue weighted by Gasteiger charge is -2.29. The fraction of sp³-hybridized carbons (Fsp3) is 0.692. The van der Waals surface area contributed by atoms with Crippen LogP contribution >= 0.6 is 23.1 Å². The first-order valence-electron chi connectivity index (χ1n) is 7.67. The van der Waals surface area contributed by atoms with Gasteiger partial charge in [-0.2, -0.15) is 0 Å². The third-order valence-corrected chi connectivity index (χ3v) is 7.59. The zero-order valence-corrected chi connectivity index (χ0v) is 16.4. The van der Waals surface area contributed by atoms with Gasteiger partial charge in [0.15, 0.2) is 4.34 Å². The summed E-state index contributed by atoms with van der Waals surface area (Å²) in [5, 5.41) is 10.8. The Labute approximate surface area is 154 Å². The standard InChI is InChI=1S/C13H20N4O5S3/c1-3-25(20,21)17-6-4-9(5-7-17)11(19)14-12-15-16-13(24-12)23-8-10(18)22-2/h9H,3-8H2,1-2H3,(H,14,15,19). The number of hydrogen-bond acceptors (Lipinski definition) is 9. The zero-order chi connectivity index (χ0) is 18.4. The molecule has 2 heterocycles. The van der Waals surface area contributed by atoms with E-state index in [0.29, 0.717) is 35.4 Å². The molecular formula is C13H20N4O5S3. The number of esters is 1. The lowest BCUT2D eigenvalue weighted by atomic mass is 9.97. The van der Waals surface area contributed by atoms with Crippen LogP contribution in [-0.4, -0.2) is 66.5 Å². The second kappa shape index (κ2) is 8.92. The minimum atomic E-state index is -3.20. The fourth-order valence-corrected chi connectivity index (χ4v) is 5.00. The fourth-order valence-electron chi connectivity index (χ4n) is 2.28. The van der Waals surface area contributed by atoms with Gasteiger partial charge < -0.3 is 10.1 Å². The maximum atomic E-state index is 12.3. The molecule has 2 rings (SSSR count). The molecule has 1 amide bonds. The Morgan fingerprint density at radius 3 is 2.64 bits per heavy atom. The van der Waals surface area contributed by atoms with Crippen molar-refractivity contribution in [3.8, 4) is 0 Å². The number of hydrogen-bond donors (Lipinski definition) is 1. The molecule has 25 heavy (non-hydrogen) atoms. The summed E-state index contributed by atoms with van der Waals surface area (Å²) in [5.41, 5.74) is 0. The van der Waals surface area contributed by atoms with E-state index in [-0.39, 0.29) is 29.3 Å². The van der Waals surface area contributed by atoms with Crippen LogP contribution in [-0.2, 0) is 24.3 Å². The quantitative estimate of drug-likeness (QED) is 0.400. The van der Waals surface area contributed by atoms with Gasteiger partial charge in [0.2, 0.25) is 21.1 Å². The predicted octanol–water partition coefficient (Wildman–Crippen LogP) is 0.803. The van der Waals surface area contributed by atoms with Gasteiger partial charge in [-0.25, -0.2) is 12.7 Å². The van der Waals surface area contributed by atoms with E-state index in [4.69, 9.17) is 0 Å². The molecule has 1 aliphatic heterocycles. The van der Waals surface area contributed by atoms with Gasteiger partial charge in [-0.3, -0.25) is 9.59 Å². The highest BCUT2D eigenvalue weighted by atomic mass is 32.2. The third kappa shape index (κ3) is 5.62. The van der Waals surface area contributed by atoms with Gasteiger partial charge in [0.1, 0.15) is 0 Å². The Morgan fingerprint density at radius 1 is 1.36 bits per heavy atom. The number of amides is 1. The molecule has 1 fully saturated rings. The summed E-state index contributed by atoms with van der Waals surface area (Å²) in [5.74, 6) is -0.600. The Hall–Kier alpha value is -1.24. The van der Waals surface area contributed by atoms with Crippen molar-refractivity contribution >= 4 is 50.1 Å². The van der Waals surface area contributed by atoms with Crippen molar-refractivity contribution in [2.45, 2.75) is 24.1 Å². The molecule has 1 aromatic rings. The van der Waals surface area contributed by atoms with E-state index < -0.39 is 10.0 Å². The van der Waals surface area contributed by atoms with E-state index in [1.807, 2.05) is 0 Å². The number of methoxy groups -OCH3 is 1. The van der Waals surface area contributed by atoms with Crippen molar-refractivity contribution in [3.63, 3.8) is 0 Å². The molecule has 1 saturated heterocycles. The number of carbonyl (C=O) groups excluding carboxylic acids is 2. The third-order valence-electron chi connectivity index (χ3n) is 3.76. The summed E-state index contributed by atoms with van der Waals surface area (Å²) in [6.45, 7) is 2.31. The lowest BCUT2D eigenvalue weighted by Crippen LogP contribution is -2.42. The van der Waals surface area contributed by atoms with Crippen LogP contribution in [0.25, 0.3) is 0 Å². The highest BCUT2D eigenvalue weighted by molar-refractivity contribution is 8.01. The monoisotopic (exact) mass is 408 g/mol. The molecule has 0 unspecified atom stereocenters. The van der Waals surface area contributed by atoms with E-state index in [1.165, 1.54) is 34.5 Å². The van der Waals surface area contributed by atoms with E-state index in [1.54, 1.807) is 6.92 Å². The molecule has 12 heteroatoms. The molecule has 0 spiro atoms. The molecule has 0 atom stereocenters. The molecular weight excluding hydrogens is 388 g/mol. The summed E-state index contributed by atoms with van der Waals surface area (Å²) in [6, 6.07) is 0. The van der Waals surface area contributed by atoms with Gasteiger partial charge in [-0.1, -0.05) is 23.1 Å². The highest BCUT2D eigenvalue weighted by Gasteiger charge is 2.30. The van der Waals surface area contributed by atoms with Crippen LogP contribution in [0.2, 0.25) is 0 Å². The molecule has 1 N–H and O–H groups in total. The van der Waals surface area contributed by atoms with Crippen molar-refractivity contribution in [3.05, 3.63) is 0 Å². The van der Waals surface area contributed by atoms with Crippen LogP contribution < -0.4 is 5.32 Å². The molecule has 1 aromatic heterocycles. The van der Waals surface area contributed by atoms with Gasteiger partial charge in [0.25, 0.3) is 0 Å². The van der Waals surface area contributed by atoms with Crippen molar-refractivity contribution in [1.82, 2.24) is 14.5 Å². The number of aromatic nitrogens is 2. The first-order chi connectivity index (χ1) is 11.9. The summed E-state index contributed by atoms with van der Waals surface area (Å²) in [4.78, 5) is 23.4. The normalized spacial score (nSPS) is 16.6. The van der Waals surface area contributed by atoms with Gasteiger partial charge in [-0.15, -0.1) is 10.2 Å². The SMILES string of the molecule is CCS(=O)(=O)N1CCC(C(=O)Nc2nnc(SCC(=O)OC)s2)CC1. The number of nitrogens with zero attached hydrogens (tertiary/aromatic N) is 3. The van der Waals surface area contributed by atoms with Crippen molar-refractivity contribution in [2.75, 3.05) is 37.0 Å². The first-order valence-corrected chi connectivity index (χ1v) is 11.1. The zero-order valence-electron chi connectivity index (χ0n) is 13.9. The van der Waals surface area contributed by atoms with Gasteiger partial charge in [-0.05, 0) is 19.8 Å². The van der Waals surface area contributed by atoms with E-state index in [9.17, 15) is 18.0 Å². The van der Waals surface area contributed by atoms with E-state index in [0.717, 1.165) is 0 Å². The largest absolute Gasteiger partial charge is 0.468 e. The average molecular weight is 409 g/mol.